The number of benzene rings is 2. The highest BCUT2D eigenvalue weighted by molar-refractivity contribution is 6.03. The second kappa shape index (κ2) is 8.14. The first-order valence-electron chi connectivity index (χ1n) is 8.35. The number of hydrogen-bond acceptors (Lipinski definition) is 5. The van der Waals surface area contributed by atoms with Gasteiger partial charge < -0.3 is 15.4 Å². The number of amides is 1. The van der Waals surface area contributed by atoms with E-state index in [1.54, 1.807) is 42.6 Å². The summed E-state index contributed by atoms with van der Waals surface area (Å²) in [5.74, 6) is -0.672. The minimum atomic E-state index is -0.388. The van der Waals surface area contributed by atoms with Crippen molar-refractivity contribution in [2.75, 3.05) is 17.7 Å². The van der Waals surface area contributed by atoms with Crippen molar-refractivity contribution in [3.63, 3.8) is 0 Å². The summed E-state index contributed by atoms with van der Waals surface area (Å²) >= 11 is 0. The Kier molecular flexibility index (Phi) is 5.47. The van der Waals surface area contributed by atoms with Crippen LogP contribution in [0.4, 0.5) is 17.1 Å². The maximum absolute atomic E-state index is 12.5. The van der Waals surface area contributed by atoms with E-state index in [0.29, 0.717) is 16.9 Å². The monoisotopic (exact) mass is 361 g/mol. The number of esters is 1. The fourth-order valence-electron chi connectivity index (χ4n) is 2.51. The highest BCUT2D eigenvalue weighted by Crippen LogP contribution is 2.19. The third-order valence-corrected chi connectivity index (χ3v) is 3.98. The van der Waals surface area contributed by atoms with Crippen LogP contribution < -0.4 is 10.6 Å². The normalized spacial score (nSPS) is 10.1. The van der Waals surface area contributed by atoms with E-state index in [-0.39, 0.29) is 11.9 Å². The van der Waals surface area contributed by atoms with Crippen LogP contribution >= 0.6 is 0 Å². The number of rotatable bonds is 5. The molecule has 2 N–H and O–H groups in total. The topological polar surface area (TPSA) is 80.3 Å². The van der Waals surface area contributed by atoms with E-state index in [4.69, 9.17) is 0 Å². The lowest BCUT2D eigenvalue weighted by Gasteiger charge is -2.10. The van der Waals surface area contributed by atoms with E-state index < -0.39 is 0 Å². The molecule has 27 heavy (non-hydrogen) atoms. The van der Waals surface area contributed by atoms with Gasteiger partial charge in [0.15, 0.2) is 0 Å². The molecule has 3 aromatic rings. The van der Waals surface area contributed by atoms with Gasteiger partial charge in [0.25, 0.3) is 5.91 Å². The third-order valence-electron chi connectivity index (χ3n) is 3.98. The molecule has 0 saturated carbocycles. The number of hydrogen-bond donors (Lipinski definition) is 2. The second-order valence-corrected chi connectivity index (χ2v) is 5.89. The van der Waals surface area contributed by atoms with Gasteiger partial charge in [0, 0.05) is 23.3 Å². The number of anilines is 3. The highest BCUT2D eigenvalue weighted by atomic mass is 16.5. The lowest BCUT2D eigenvalue weighted by Crippen LogP contribution is -2.14. The zero-order chi connectivity index (χ0) is 19.2. The van der Waals surface area contributed by atoms with E-state index >= 15 is 0 Å². The number of aromatic nitrogens is 1. The summed E-state index contributed by atoms with van der Waals surface area (Å²) in [5, 5.41) is 6.05. The van der Waals surface area contributed by atoms with E-state index in [2.05, 4.69) is 20.4 Å². The molecule has 0 aliphatic heterocycles. The zero-order valence-electron chi connectivity index (χ0n) is 15.0. The summed E-state index contributed by atoms with van der Waals surface area (Å²) in [6.07, 6.45) is 1.57. The Balaban J connectivity index is 1.72. The summed E-state index contributed by atoms with van der Waals surface area (Å²) in [4.78, 5) is 28.1. The molecule has 1 heterocycles. The van der Waals surface area contributed by atoms with E-state index in [0.717, 1.165) is 16.9 Å². The minimum absolute atomic E-state index is 0.283. The molecule has 1 amide bonds. The van der Waals surface area contributed by atoms with Crippen molar-refractivity contribution in [1.29, 1.82) is 0 Å². The molecule has 0 fully saturated rings. The Hall–Kier alpha value is -3.67. The molecule has 3 rings (SSSR count). The molecule has 0 unspecified atom stereocenters. The van der Waals surface area contributed by atoms with Crippen molar-refractivity contribution in [2.24, 2.45) is 0 Å². The average Bonchev–Trinajstić information content (AvgIpc) is 2.70. The largest absolute Gasteiger partial charge is 0.465 e. The van der Waals surface area contributed by atoms with Crippen molar-refractivity contribution < 1.29 is 14.3 Å². The Labute approximate surface area is 157 Å². The Morgan fingerprint density at radius 1 is 0.963 bits per heavy atom. The smallest absolute Gasteiger partial charge is 0.337 e. The molecular weight excluding hydrogens is 342 g/mol. The molecule has 2 aromatic carbocycles. The first-order chi connectivity index (χ1) is 13.1. The SMILES string of the molecule is COC(=O)c1ccc(Nc2ccnc(C(=O)Nc3ccccc3C)c2)cc1. The van der Waals surface area contributed by atoms with E-state index in [1.807, 2.05) is 31.2 Å². The minimum Gasteiger partial charge on any atom is -0.465 e. The molecule has 0 atom stereocenters. The number of pyridine rings is 1. The molecule has 6 nitrogen and oxygen atoms in total. The van der Waals surface area contributed by atoms with Crippen molar-refractivity contribution >= 4 is 28.9 Å². The van der Waals surface area contributed by atoms with Gasteiger partial charge in [-0.1, -0.05) is 18.2 Å². The van der Waals surface area contributed by atoms with Gasteiger partial charge in [-0.2, -0.15) is 0 Å². The van der Waals surface area contributed by atoms with Crippen LogP contribution in [0.3, 0.4) is 0 Å². The molecule has 6 heteroatoms. The molecule has 0 radical (unpaired) electrons. The average molecular weight is 361 g/mol. The number of carbonyl (C=O) groups excluding carboxylic acids is 2. The van der Waals surface area contributed by atoms with Gasteiger partial charge in [-0.3, -0.25) is 9.78 Å². The van der Waals surface area contributed by atoms with Crippen LogP contribution in [-0.4, -0.2) is 24.0 Å². The van der Waals surface area contributed by atoms with Gasteiger partial charge >= 0.3 is 5.97 Å². The molecule has 0 saturated heterocycles. The van der Waals surface area contributed by atoms with Gasteiger partial charge in [0.1, 0.15) is 5.69 Å². The number of nitrogens with one attached hydrogen (secondary N) is 2. The van der Waals surface area contributed by atoms with Gasteiger partial charge in [0.2, 0.25) is 0 Å². The predicted octanol–water partition coefficient (Wildman–Crippen LogP) is 4.17. The van der Waals surface area contributed by atoms with Crippen molar-refractivity contribution in [1.82, 2.24) is 4.98 Å². The maximum Gasteiger partial charge on any atom is 0.337 e. The van der Waals surface area contributed by atoms with Crippen molar-refractivity contribution in [3.05, 3.63) is 83.7 Å². The number of ether oxygens (including phenoxy) is 1. The third kappa shape index (κ3) is 4.49. The summed E-state index contributed by atoms with van der Waals surface area (Å²) in [5.41, 5.74) is 3.99. The van der Waals surface area contributed by atoms with Crippen LogP contribution in [0.15, 0.2) is 66.9 Å². The lowest BCUT2D eigenvalue weighted by molar-refractivity contribution is 0.0600. The molecule has 1 aromatic heterocycles. The summed E-state index contributed by atoms with van der Waals surface area (Å²) in [6.45, 7) is 1.93. The molecule has 0 bridgehead atoms. The number of nitrogens with zero attached hydrogens (tertiary/aromatic N) is 1. The molecule has 136 valence electrons. The van der Waals surface area contributed by atoms with Crippen LogP contribution in [0, 0.1) is 6.92 Å². The predicted molar refractivity (Wildman–Crippen MR) is 104 cm³/mol. The fraction of sp³-hybridized carbons (Fsp3) is 0.0952. The summed E-state index contributed by atoms with van der Waals surface area (Å²) in [6, 6.07) is 17.9. The standard InChI is InChI=1S/C21H19N3O3/c1-14-5-3-4-6-18(14)24-20(25)19-13-17(11-12-22-19)23-16-9-7-15(8-10-16)21(26)27-2/h3-13H,1-2H3,(H,22,23)(H,24,25). The molecule has 0 aliphatic carbocycles. The van der Waals surface area contributed by atoms with E-state index in [1.165, 1.54) is 7.11 Å². The Morgan fingerprint density at radius 2 is 1.70 bits per heavy atom. The van der Waals surface area contributed by atoms with Gasteiger partial charge in [-0.05, 0) is 55.0 Å². The Morgan fingerprint density at radius 3 is 2.41 bits per heavy atom. The summed E-state index contributed by atoms with van der Waals surface area (Å²) in [7, 11) is 1.34. The first kappa shape index (κ1) is 18.1. The number of carbonyl (C=O) groups is 2. The molecular formula is C21H19N3O3. The van der Waals surface area contributed by atoms with Crippen LogP contribution in [0.25, 0.3) is 0 Å². The van der Waals surface area contributed by atoms with Gasteiger partial charge in [0.05, 0.1) is 12.7 Å². The molecule has 0 spiro atoms. The quantitative estimate of drug-likeness (QED) is 0.667. The van der Waals surface area contributed by atoms with Crippen LogP contribution in [0.2, 0.25) is 0 Å². The summed E-state index contributed by atoms with van der Waals surface area (Å²) < 4.78 is 4.68. The lowest BCUT2D eigenvalue weighted by atomic mass is 10.2. The fourth-order valence-corrected chi connectivity index (χ4v) is 2.51. The van der Waals surface area contributed by atoms with Crippen LogP contribution in [0.5, 0.6) is 0 Å². The zero-order valence-corrected chi connectivity index (χ0v) is 15.0. The first-order valence-corrected chi connectivity index (χ1v) is 8.35. The number of para-hydroxylation sites is 1. The number of methoxy groups -OCH3 is 1. The van der Waals surface area contributed by atoms with Crippen molar-refractivity contribution in [2.45, 2.75) is 6.92 Å². The maximum atomic E-state index is 12.5. The van der Waals surface area contributed by atoms with Gasteiger partial charge in [-0.15, -0.1) is 0 Å². The van der Waals surface area contributed by atoms with Crippen LogP contribution in [0.1, 0.15) is 26.4 Å². The molecule has 0 aliphatic rings. The van der Waals surface area contributed by atoms with Crippen LogP contribution in [-0.2, 0) is 4.74 Å². The van der Waals surface area contributed by atoms with E-state index in [9.17, 15) is 9.59 Å². The second-order valence-electron chi connectivity index (χ2n) is 5.89. The highest BCUT2D eigenvalue weighted by Gasteiger charge is 2.10. The number of aryl methyl sites for hydroxylation is 1. The van der Waals surface area contributed by atoms with Crippen molar-refractivity contribution in [3.8, 4) is 0 Å². The van der Waals surface area contributed by atoms with Gasteiger partial charge in [-0.25, -0.2) is 4.79 Å². The Bertz CT molecular complexity index is 968.